The fourth-order valence-corrected chi connectivity index (χ4v) is 5.32. The molecule has 2 saturated heterocycles. The zero-order valence-electron chi connectivity index (χ0n) is 19.5. The van der Waals surface area contributed by atoms with Crippen molar-refractivity contribution in [3.05, 3.63) is 33.8 Å². The molecule has 3 atom stereocenters. The summed E-state index contributed by atoms with van der Waals surface area (Å²) in [7, 11) is 0. The number of benzene rings is 1. The van der Waals surface area contributed by atoms with Crippen molar-refractivity contribution in [3.63, 3.8) is 0 Å². The molecule has 5 rings (SSSR count). The summed E-state index contributed by atoms with van der Waals surface area (Å²) in [6, 6.07) is 3.87. The molecule has 9 heteroatoms. The molecule has 1 aromatic carbocycles. The van der Waals surface area contributed by atoms with E-state index in [4.69, 9.17) is 25.8 Å². The number of hydrogen-bond donors (Lipinski definition) is 0. The van der Waals surface area contributed by atoms with E-state index >= 15 is 0 Å². The Morgan fingerprint density at radius 3 is 2.70 bits per heavy atom. The normalized spacial score (nSPS) is 27.0. The summed E-state index contributed by atoms with van der Waals surface area (Å²) in [6.07, 6.45) is 1.51. The largest absolute Gasteiger partial charge is 0.444 e. The number of amides is 3. The summed E-state index contributed by atoms with van der Waals surface area (Å²) in [6.45, 7) is 9.24. The van der Waals surface area contributed by atoms with Crippen LogP contribution in [0.2, 0.25) is 5.02 Å². The SMILES string of the molecule is CC(C)(C)OC(=O)N1CCOC[C@H]1c1cc(Cl)cc2c1CN(C(=O)N1CCOC3CC31)CC2. The third-order valence-corrected chi connectivity index (χ3v) is 6.96. The zero-order valence-corrected chi connectivity index (χ0v) is 20.3. The Balaban J connectivity index is 1.41. The highest BCUT2D eigenvalue weighted by Gasteiger charge is 2.49. The first-order valence-electron chi connectivity index (χ1n) is 11.8. The van der Waals surface area contributed by atoms with Crippen molar-refractivity contribution in [3.8, 4) is 0 Å². The van der Waals surface area contributed by atoms with Crippen molar-refractivity contribution in [1.82, 2.24) is 14.7 Å². The van der Waals surface area contributed by atoms with Crippen molar-refractivity contribution >= 4 is 23.7 Å². The van der Waals surface area contributed by atoms with Gasteiger partial charge in [-0.15, -0.1) is 0 Å². The van der Waals surface area contributed by atoms with E-state index in [2.05, 4.69) is 0 Å². The third kappa shape index (κ3) is 4.66. The molecule has 2 unspecified atom stereocenters. The number of carbonyl (C=O) groups is 2. The van der Waals surface area contributed by atoms with Crippen molar-refractivity contribution in [1.29, 1.82) is 0 Å². The summed E-state index contributed by atoms with van der Waals surface area (Å²) in [4.78, 5) is 32.0. The van der Waals surface area contributed by atoms with Gasteiger partial charge in [0.1, 0.15) is 5.60 Å². The van der Waals surface area contributed by atoms with E-state index in [0.29, 0.717) is 51.0 Å². The predicted octanol–water partition coefficient (Wildman–Crippen LogP) is 3.60. The Morgan fingerprint density at radius 2 is 1.91 bits per heavy atom. The lowest BCUT2D eigenvalue weighted by Gasteiger charge is -2.40. The minimum absolute atomic E-state index is 0.0706. The molecule has 33 heavy (non-hydrogen) atoms. The van der Waals surface area contributed by atoms with Crippen LogP contribution in [-0.2, 0) is 27.2 Å². The summed E-state index contributed by atoms with van der Waals surface area (Å²) in [5.41, 5.74) is 2.54. The average Bonchev–Trinajstić information content (AvgIpc) is 3.56. The van der Waals surface area contributed by atoms with E-state index in [1.807, 2.05) is 42.7 Å². The summed E-state index contributed by atoms with van der Waals surface area (Å²) < 4.78 is 17.1. The van der Waals surface area contributed by atoms with Crippen LogP contribution in [0.5, 0.6) is 0 Å². The smallest absolute Gasteiger partial charge is 0.410 e. The van der Waals surface area contributed by atoms with Crippen LogP contribution in [0.3, 0.4) is 0 Å². The highest BCUT2D eigenvalue weighted by molar-refractivity contribution is 6.30. The number of urea groups is 1. The lowest BCUT2D eigenvalue weighted by Crippen LogP contribution is -2.50. The Morgan fingerprint density at radius 1 is 1.12 bits per heavy atom. The number of fused-ring (bicyclic) bond motifs is 2. The lowest BCUT2D eigenvalue weighted by molar-refractivity contribution is -0.0334. The molecule has 0 radical (unpaired) electrons. The third-order valence-electron chi connectivity index (χ3n) is 6.74. The van der Waals surface area contributed by atoms with E-state index in [1.54, 1.807) is 4.90 Å². The van der Waals surface area contributed by atoms with Gasteiger partial charge in [0.2, 0.25) is 0 Å². The van der Waals surface area contributed by atoms with Crippen LogP contribution in [0.25, 0.3) is 0 Å². The molecule has 1 saturated carbocycles. The number of morpholine rings is 2. The predicted molar refractivity (Wildman–Crippen MR) is 122 cm³/mol. The van der Waals surface area contributed by atoms with Gasteiger partial charge in [-0.2, -0.15) is 0 Å². The van der Waals surface area contributed by atoms with E-state index in [-0.39, 0.29) is 30.3 Å². The molecular formula is C24H32ClN3O5. The maximum Gasteiger partial charge on any atom is 0.410 e. The van der Waals surface area contributed by atoms with Gasteiger partial charge in [0.25, 0.3) is 0 Å². The molecule has 0 bridgehead atoms. The van der Waals surface area contributed by atoms with Crippen molar-refractivity contribution in [2.75, 3.05) is 39.5 Å². The Bertz CT molecular complexity index is 949. The summed E-state index contributed by atoms with van der Waals surface area (Å²) in [5, 5.41) is 0.632. The van der Waals surface area contributed by atoms with Gasteiger partial charge in [-0.05, 0) is 62.4 Å². The van der Waals surface area contributed by atoms with E-state index in [9.17, 15) is 9.59 Å². The molecule has 1 aliphatic carbocycles. The zero-order chi connectivity index (χ0) is 23.3. The topological polar surface area (TPSA) is 71.5 Å². The molecule has 3 heterocycles. The van der Waals surface area contributed by atoms with Gasteiger partial charge in [-0.1, -0.05) is 11.6 Å². The molecule has 0 spiro atoms. The van der Waals surface area contributed by atoms with Gasteiger partial charge in [0.05, 0.1) is 38.0 Å². The van der Waals surface area contributed by atoms with Gasteiger partial charge < -0.3 is 24.0 Å². The minimum atomic E-state index is -0.588. The van der Waals surface area contributed by atoms with Crippen LogP contribution in [0.4, 0.5) is 9.59 Å². The van der Waals surface area contributed by atoms with Crippen molar-refractivity contribution in [2.45, 2.75) is 63.9 Å². The number of carbonyl (C=O) groups excluding carboxylic acids is 2. The van der Waals surface area contributed by atoms with E-state index in [1.165, 1.54) is 0 Å². The molecule has 0 aromatic heterocycles. The first-order valence-corrected chi connectivity index (χ1v) is 12.1. The molecule has 3 fully saturated rings. The van der Waals surface area contributed by atoms with Gasteiger partial charge >= 0.3 is 12.1 Å². The van der Waals surface area contributed by atoms with Gasteiger partial charge in [-0.25, -0.2) is 9.59 Å². The number of hydrogen-bond acceptors (Lipinski definition) is 5. The van der Waals surface area contributed by atoms with Crippen LogP contribution in [0, 0.1) is 0 Å². The van der Waals surface area contributed by atoms with Crippen LogP contribution in [0.15, 0.2) is 12.1 Å². The number of nitrogens with zero attached hydrogens (tertiary/aromatic N) is 3. The van der Waals surface area contributed by atoms with E-state index < -0.39 is 5.60 Å². The highest BCUT2D eigenvalue weighted by atomic mass is 35.5. The molecule has 180 valence electrons. The first-order chi connectivity index (χ1) is 15.7. The van der Waals surface area contributed by atoms with Crippen LogP contribution in [-0.4, -0.2) is 84.0 Å². The maximum absolute atomic E-state index is 13.3. The van der Waals surface area contributed by atoms with Crippen LogP contribution < -0.4 is 0 Å². The molecule has 3 aliphatic heterocycles. The molecule has 1 aromatic rings. The first kappa shape index (κ1) is 22.7. The minimum Gasteiger partial charge on any atom is -0.444 e. The van der Waals surface area contributed by atoms with Gasteiger partial charge in [0, 0.05) is 31.2 Å². The Hall–Kier alpha value is -2.03. The van der Waals surface area contributed by atoms with Gasteiger partial charge in [-0.3, -0.25) is 4.90 Å². The summed E-state index contributed by atoms with van der Waals surface area (Å²) >= 11 is 6.50. The molecule has 3 amide bonds. The summed E-state index contributed by atoms with van der Waals surface area (Å²) in [5.74, 6) is 0. The Kier molecular flexibility index (Phi) is 5.95. The lowest BCUT2D eigenvalue weighted by atomic mass is 9.90. The second kappa shape index (κ2) is 8.64. The molecule has 8 nitrogen and oxygen atoms in total. The second-order valence-electron chi connectivity index (χ2n) is 10.3. The quantitative estimate of drug-likeness (QED) is 0.618. The second-order valence-corrected chi connectivity index (χ2v) is 10.7. The highest BCUT2D eigenvalue weighted by Crippen LogP contribution is 2.38. The monoisotopic (exact) mass is 477 g/mol. The van der Waals surface area contributed by atoms with Crippen molar-refractivity contribution < 1.29 is 23.8 Å². The van der Waals surface area contributed by atoms with E-state index in [0.717, 1.165) is 29.5 Å². The Labute approximate surface area is 199 Å². The number of rotatable bonds is 1. The van der Waals surface area contributed by atoms with Crippen molar-refractivity contribution in [2.24, 2.45) is 0 Å². The average molecular weight is 478 g/mol. The van der Waals surface area contributed by atoms with Gasteiger partial charge in [0.15, 0.2) is 0 Å². The maximum atomic E-state index is 13.3. The molecule has 4 aliphatic rings. The standard InChI is InChI=1S/C24H32ClN3O5/c1-24(2,3)33-23(30)28-6-8-31-14-20(28)17-11-16(25)10-15-4-5-26(13-18(15)17)22(29)27-7-9-32-21-12-19(21)27/h10-11,19-21H,4-9,12-14H2,1-3H3/t19?,20-,21?/m0/s1. The number of ether oxygens (including phenoxy) is 3. The number of halogens is 1. The fraction of sp³-hybridized carbons (Fsp3) is 0.667. The van der Waals surface area contributed by atoms with Crippen LogP contribution >= 0.6 is 11.6 Å². The molecule has 0 N–H and O–H groups in total. The van der Waals surface area contributed by atoms with Crippen LogP contribution in [0.1, 0.15) is 49.9 Å². The molecular weight excluding hydrogens is 446 g/mol. The fourth-order valence-electron chi connectivity index (χ4n) is 5.07.